The van der Waals surface area contributed by atoms with Gasteiger partial charge in [0.2, 0.25) is 23.4 Å². The van der Waals surface area contributed by atoms with Crippen LogP contribution in [-0.4, -0.2) is 21.0 Å². The van der Waals surface area contributed by atoms with Crippen LogP contribution in [0.5, 0.6) is 0 Å². The molecule has 0 unspecified atom stereocenters. The average Bonchev–Trinajstić information content (AvgIpc) is 3.11. The smallest absolute Gasteiger partial charge is 0.306 e. The van der Waals surface area contributed by atoms with Gasteiger partial charge in [-0.2, -0.15) is 9.37 Å². The van der Waals surface area contributed by atoms with Gasteiger partial charge >= 0.3 is 5.69 Å². The van der Waals surface area contributed by atoms with Crippen LogP contribution in [0.4, 0.5) is 20.2 Å². The molecule has 0 aliphatic heterocycles. The summed E-state index contributed by atoms with van der Waals surface area (Å²) in [5.41, 5.74) is -0.0613. The summed E-state index contributed by atoms with van der Waals surface area (Å²) in [5.74, 6) is -1.37. The molecule has 0 bridgehead atoms. The van der Waals surface area contributed by atoms with Gasteiger partial charge in [-0.05, 0) is 36.4 Å². The van der Waals surface area contributed by atoms with Crippen LogP contribution >= 0.6 is 0 Å². The van der Waals surface area contributed by atoms with Crippen LogP contribution in [0.15, 0.2) is 47.0 Å². The molecule has 0 saturated carbocycles. The second-order valence-electron chi connectivity index (χ2n) is 5.49. The molecule has 0 atom stereocenters. The molecule has 0 aliphatic rings. The Morgan fingerprint density at radius 1 is 1.19 bits per heavy atom. The van der Waals surface area contributed by atoms with Crippen molar-refractivity contribution in [2.24, 2.45) is 0 Å². The molecule has 0 radical (unpaired) electrons. The number of carbonyl (C=O) groups is 1. The minimum absolute atomic E-state index is 0.0315. The number of halogens is 2. The van der Waals surface area contributed by atoms with E-state index in [1.54, 1.807) is 0 Å². The lowest BCUT2D eigenvalue weighted by Crippen LogP contribution is -2.12. The van der Waals surface area contributed by atoms with Crippen LogP contribution in [0.2, 0.25) is 0 Å². The Morgan fingerprint density at radius 2 is 1.93 bits per heavy atom. The van der Waals surface area contributed by atoms with E-state index < -0.39 is 22.3 Å². The summed E-state index contributed by atoms with van der Waals surface area (Å²) in [4.78, 5) is 25.9. The fourth-order valence-corrected chi connectivity index (χ4v) is 2.25. The molecule has 1 amide bonds. The van der Waals surface area contributed by atoms with E-state index in [0.717, 1.165) is 12.1 Å². The molecule has 0 aliphatic carbocycles. The zero-order valence-electron chi connectivity index (χ0n) is 13.7. The molecule has 8 nitrogen and oxygen atoms in total. The highest BCUT2D eigenvalue weighted by Crippen LogP contribution is 2.22. The fourth-order valence-electron chi connectivity index (χ4n) is 2.25. The van der Waals surface area contributed by atoms with Gasteiger partial charge in [-0.3, -0.25) is 14.9 Å². The van der Waals surface area contributed by atoms with E-state index in [-0.39, 0.29) is 36.1 Å². The third-order valence-electron chi connectivity index (χ3n) is 3.56. The van der Waals surface area contributed by atoms with Crippen molar-refractivity contribution in [3.05, 3.63) is 70.1 Å². The summed E-state index contributed by atoms with van der Waals surface area (Å²) < 4.78 is 31.3. The summed E-state index contributed by atoms with van der Waals surface area (Å²) in [5, 5.41) is 16.9. The summed E-state index contributed by atoms with van der Waals surface area (Å²) in [6.07, 6.45) is 0.0968. The number of nitro groups is 1. The molecule has 3 rings (SSSR count). The molecular formula is C17H12F2N4O4. The number of anilines is 1. The van der Waals surface area contributed by atoms with Crippen molar-refractivity contribution in [2.45, 2.75) is 12.8 Å². The Morgan fingerprint density at radius 3 is 2.63 bits per heavy atom. The van der Waals surface area contributed by atoms with E-state index in [4.69, 9.17) is 4.52 Å². The summed E-state index contributed by atoms with van der Waals surface area (Å²) in [6, 6.07) is 8.59. The number of nitrogens with one attached hydrogen (secondary N) is 1. The Balaban J connectivity index is 1.59. The van der Waals surface area contributed by atoms with E-state index in [9.17, 15) is 23.7 Å². The summed E-state index contributed by atoms with van der Waals surface area (Å²) >= 11 is 0. The van der Waals surface area contributed by atoms with Crippen LogP contribution in [0, 0.1) is 21.7 Å². The number of hydrogen-bond acceptors (Lipinski definition) is 6. The molecule has 0 spiro atoms. The Kier molecular flexibility index (Phi) is 5.15. The predicted molar refractivity (Wildman–Crippen MR) is 89.7 cm³/mol. The molecule has 27 heavy (non-hydrogen) atoms. The Bertz CT molecular complexity index is 989. The molecule has 0 saturated heterocycles. The first-order valence-corrected chi connectivity index (χ1v) is 7.74. The summed E-state index contributed by atoms with van der Waals surface area (Å²) in [6.45, 7) is 0. The van der Waals surface area contributed by atoms with E-state index in [2.05, 4.69) is 15.5 Å². The number of benzene rings is 2. The monoisotopic (exact) mass is 374 g/mol. The fraction of sp³-hybridized carbons (Fsp3) is 0.118. The summed E-state index contributed by atoms with van der Waals surface area (Å²) in [7, 11) is 0. The van der Waals surface area contributed by atoms with Crippen molar-refractivity contribution in [1.29, 1.82) is 0 Å². The zero-order chi connectivity index (χ0) is 19.4. The van der Waals surface area contributed by atoms with Crippen molar-refractivity contribution in [2.75, 3.05) is 5.32 Å². The molecule has 1 N–H and O–H groups in total. The lowest BCUT2D eigenvalue weighted by molar-refractivity contribution is -0.387. The Labute approximate surface area is 151 Å². The van der Waals surface area contributed by atoms with Crippen LogP contribution in [-0.2, 0) is 11.2 Å². The van der Waals surface area contributed by atoms with Crippen LogP contribution in [0.1, 0.15) is 12.3 Å². The number of amides is 1. The van der Waals surface area contributed by atoms with Gasteiger partial charge in [0.15, 0.2) is 0 Å². The maximum Gasteiger partial charge on any atom is 0.306 e. The topological polar surface area (TPSA) is 111 Å². The van der Waals surface area contributed by atoms with Crippen molar-refractivity contribution in [1.82, 2.24) is 10.1 Å². The van der Waals surface area contributed by atoms with Gasteiger partial charge in [0, 0.05) is 30.2 Å². The highest BCUT2D eigenvalue weighted by molar-refractivity contribution is 5.91. The lowest BCUT2D eigenvalue weighted by atomic mass is 10.2. The minimum Gasteiger partial charge on any atom is -0.339 e. The molecule has 3 aromatic rings. The quantitative estimate of drug-likeness (QED) is 0.522. The average molecular weight is 374 g/mol. The Hall–Kier alpha value is -3.69. The molecule has 1 aromatic heterocycles. The van der Waals surface area contributed by atoms with E-state index in [0.29, 0.717) is 5.56 Å². The maximum atomic E-state index is 13.3. The second kappa shape index (κ2) is 7.68. The predicted octanol–water partition coefficient (Wildman–Crippen LogP) is 3.49. The van der Waals surface area contributed by atoms with E-state index in [1.165, 1.54) is 30.3 Å². The highest BCUT2D eigenvalue weighted by atomic mass is 19.1. The SMILES string of the molecule is O=C(CCc1nc(-c2ccc(F)cc2)no1)Nc1ccc(F)c([N+](=O)[O-])c1. The standard InChI is InChI=1S/C17H12F2N4O4/c18-11-3-1-10(2-4-11)17-21-16(27-22-17)8-7-15(24)20-12-5-6-13(19)14(9-12)23(25)26/h1-6,9H,7-8H2,(H,20,24). The molecule has 10 heteroatoms. The number of hydrogen-bond donors (Lipinski definition) is 1. The first-order valence-electron chi connectivity index (χ1n) is 7.74. The van der Waals surface area contributed by atoms with Crippen molar-refractivity contribution >= 4 is 17.3 Å². The first kappa shape index (κ1) is 18.1. The normalized spacial score (nSPS) is 10.6. The largest absolute Gasteiger partial charge is 0.339 e. The molecule has 1 heterocycles. The number of aromatic nitrogens is 2. The van der Waals surface area contributed by atoms with Gasteiger partial charge < -0.3 is 9.84 Å². The number of rotatable bonds is 6. The first-order chi connectivity index (χ1) is 12.9. The maximum absolute atomic E-state index is 13.3. The number of nitro benzene ring substituents is 1. The number of nitrogens with zero attached hydrogens (tertiary/aromatic N) is 3. The van der Waals surface area contributed by atoms with Gasteiger partial charge in [-0.1, -0.05) is 5.16 Å². The highest BCUT2D eigenvalue weighted by Gasteiger charge is 2.16. The van der Waals surface area contributed by atoms with Crippen LogP contribution in [0.3, 0.4) is 0 Å². The number of aryl methyl sites for hydroxylation is 1. The van der Waals surface area contributed by atoms with Gasteiger partial charge in [-0.15, -0.1) is 0 Å². The van der Waals surface area contributed by atoms with E-state index in [1.807, 2.05) is 0 Å². The molecular weight excluding hydrogens is 362 g/mol. The van der Waals surface area contributed by atoms with Gasteiger partial charge in [0.1, 0.15) is 5.82 Å². The minimum atomic E-state index is -0.989. The molecule has 0 fully saturated rings. The van der Waals surface area contributed by atoms with Gasteiger partial charge in [0.05, 0.1) is 4.92 Å². The van der Waals surface area contributed by atoms with Gasteiger partial charge in [0.25, 0.3) is 0 Å². The van der Waals surface area contributed by atoms with Crippen LogP contribution in [0.25, 0.3) is 11.4 Å². The molecule has 2 aromatic carbocycles. The van der Waals surface area contributed by atoms with Crippen molar-refractivity contribution in [3.63, 3.8) is 0 Å². The zero-order valence-corrected chi connectivity index (χ0v) is 13.7. The molecule has 138 valence electrons. The van der Waals surface area contributed by atoms with Crippen molar-refractivity contribution in [3.8, 4) is 11.4 Å². The number of carbonyl (C=O) groups excluding carboxylic acids is 1. The second-order valence-corrected chi connectivity index (χ2v) is 5.49. The van der Waals surface area contributed by atoms with Crippen LogP contribution < -0.4 is 5.32 Å². The van der Waals surface area contributed by atoms with E-state index >= 15 is 0 Å². The van der Waals surface area contributed by atoms with Crippen molar-refractivity contribution < 1.29 is 23.0 Å². The third kappa shape index (κ3) is 4.48. The lowest BCUT2D eigenvalue weighted by Gasteiger charge is -2.04. The van der Waals surface area contributed by atoms with Gasteiger partial charge in [-0.25, -0.2) is 4.39 Å². The third-order valence-corrected chi connectivity index (χ3v) is 3.56.